The molecule has 3 heterocycles. The molecule has 1 aromatic rings. The van der Waals surface area contributed by atoms with Gasteiger partial charge in [-0.25, -0.2) is 4.39 Å². The smallest absolute Gasteiger partial charge is 0.236 e. The summed E-state index contributed by atoms with van der Waals surface area (Å²) in [4.78, 5) is 35.3. The number of rotatable bonds is 6. The monoisotopic (exact) mass is 474 g/mol. The molecule has 2 amide bonds. The molecule has 186 valence electrons. The first-order chi connectivity index (χ1) is 16.3. The highest BCUT2D eigenvalue weighted by Crippen LogP contribution is 2.25. The second kappa shape index (κ2) is 10.7. The fourth-order valence-corrected chi connectivity index (χ4v) is 4.97. The van der Waals surface area contributed by atoms with Gasteiger partial charge in [0.05, 0.1) is 24.5 Å². The Morgan fingerprint density at radius 1 is 1.18 bits per heavy atom. The number of carbonyl (C=O) groups is 2. The third-order valence-corrected chi connectivity index (χ3v) is 6.56. The van der Waals surface area contributed by atoms with Gasteiger partial charge < -0.3 is 25.3 Å². The molecule has 1 aromatic carbocycles. The van der Waals surface area contributed by atoms with E-state index in [0.717, 1.165) is 13.1 Å². The molecule has 0 radical (unpaired) electrons. The molecular formula is C24H35FN6O3. The van der Waals surface area contributed by atoms with Crippen LogP contribution in [0.25, 0.3) is 0 Å². The first-order valence-electron chi connectivity index (χ1n) is 12.1. The lowest BCUT2D eigenvalue weighted by atomic mass is 10.0. The molecule has 2 N–H and O–H groups in total. The lowest BCUT2D eigenvalue weighted by Gasteiger charge is -2.39. The molecule has 0 saturated carbocycles. The second-order valence-electron chi connectivity index (χ2n) is 9.60. The normalized spacial score (nSPS) is 25.6. The van der Waals surface area contributed by atoms with Crippen LogP contribution in [0.5, 0.6) is 0 Å². The molecule has 3 atom stereocenters. The minimum atomic E-state index is -0.311. The van der Waals surface area contributed by atoms with E-state index in [9.17, 15) is 14.0 Å². The van der Waals surface area contributed by atoms with Crippen molar-refractivity contribution in [3.63, 3.8) is 0 Å². The SMILES string of the molecule is CC(=O)NCC1CC(c2ccc(N3CCN(C(=O)CN4CC(C)NC(C)C4)CC3)c(F)c2)=NO1. The summed E-state index contributed by atoms with van der Waals surface area (Å²) in [5, 5.41) is 10.3. The molecule has 0 spiro atoms. The van der Waals surface area contributed by atoms with Gasteiger partial charge in [0, 0.05) is 70.3 Å². The number of piperazine rings is 2. The second-order valence-corrected chi connectivity index (χ2v) is 9.60. The standard InChI is InChI=1S/C24H35FN6O3/c1-16-13-29(14-17(2)27-16)15-24(33)31-8-6-30(7-9-31)23-5-4-19(10-21(23)25)22-11-20(34-28-22)12-26-18(3)32/h4-5,10,16-17,20,27H,6-9,11-15H2,1-3H3,(H,26,32). The third-order valence-electron chi connectivity index (χ3n) is 6.56. The minimum absolute atomic E-state index is 0.123. The Hall–Kier alpha value is -2.72. The van der Waals surface area contributed by atoms with Gasteiger partial charge >= 0.3 is 0 Å². The first kappa shape index (κ1) is 24.4. The first-order valence-corrected chi connectivity index (χ1v) is 12.1. The molecule has 0 bridgehead atoms. The van der Waals surface area contributed by atoms with E-state index in [1.165, 1.54) is 13.0 Å². The summed E-state index contributed by atoms with van der Waals surface area (Å²) >= 11 is 0. The van der Waals surface area contributed by atoms with Crippen LogP contribution in [0.4, 0.5) is 10.1 Å². The minimum Gasteiger partial charge on any atom is -0.390 e. The maximum Gasteiger partial charge on any atom is 0.236 e. The number of halogens is 1. The van der Waals surface area contributed by atoms with Crippen LogP contribution < -0.4 is 15.5 Å². The number of anilines is 1. The van der Waals surface area contributed by atoms with Gasteiger partial charge in [0.2, 0.25) is 11.8 Å². The lowest BCUT2D eigenvalue weighted by molar-refractivity contribution is -0.133. The number of nitrogens with zero attached hydrogens (tertiary/aromatic N) is 4. The maximum atomic E-state index is 15.0. The topological polar surface area (TPSA) is 89.5 Å². The zero-order valence-electron chi connectivity index (χ0n) is 20.2. The molecule has 3 unspecified atom stereocenters. The average molecular weight is 475 g/mol. The zero-order valence-corrected chi connectivity index (χ0v) is 20.2. The molecule has 34 heavy (non-hydrogen) atoms. The molecule has 0 aliphatic carbocycles. The Balaban J connectivity index is 1.28. The van der Waals surface area contributed by atoms with Crippen molar-refractivity contribution in [2.45, 2.75) is 45.4 Å². The van der Waals surface area contributed by atoms with Gasteiger partial charge in [0.15, 0.2) is 0 Å². The van der Waals surface area contributed by atoms with Crippen molar-refractivity contribution in [3.8, 4) is 0 Å². The predicted molar refractivity (Wildman–Crippen MR) is 128 cm³/mol. The van der Waals surface area contributed by atoms with Gasteiger partial charge in [-0.1, -0.05) is 11.2 Å². The molecule has 0 aromatic heterocycles. The number of hydrogen-bond acceptors (Lipinski definition) is 7. The molecule has 2 fully saturated rings. The highest BCUT2D eigenvalue weighted by molar-refractivity contribution is 6.01. The van der Waals surface area contributed by atoms with Crippen molar-refractivity contribution in [3.05, 3.63) is 29.6 Å². The largest absolute Gasteiger partial charge is 0.390 e. The average Bonchev–Trinajstić information content (AvgIpc) is 3.26. The van der Waals surface area contributed by atoms with Crippen molar-refractivity contribution in [1.82, 2.24) is 20.4 Å². The number of amides is 2. The summed E-state index contributed by atoms with van der Waals surface area (Å²) in [6, 6.07) is 5.87. The Morgan fingerprint density at radius 3 is 2.53 bits per heavy atom. The van der Waals surface area contributed by atoms with Gasteiger partial charge in [0.1, 0.15) is 11.9 Å². The number of oxime groups is 1. The van der Waals surface area contributed by atoms with E-state index in [4.69, 9.17) is 4.84 Å². The Kier molecular flexibility index (Phi) is 7.67. The zero-order chi connectivity index (χ0) is 24.2. The number of benzene rings is 1. The van der Waals surface area contributed by atoms with Crippen molar-refractivity contribution in [2.75, 3.05) is 57.3 Å². The van der Waals surface area contributed by atoms with Crippen LogP contribution in [0.15, 0.2) is 23.4 Å². The lowest BCUT2D eigenvalue weighted by Crippen LogP contribution is -2.57. The van der Waals surface area contributed by atoms with Crippen LogP contribution in [-0.2, 0) is 14.4 Å². The van der Waals surface area contributed by atoms with Crippen molar-refractivity contribution < 1.29 is 18.8 Å². The van der Waals surface area contributed by atoms with E-state index in [1.807, 2.05) is 15.9 Å². The summed E-state index contributed by atoms with van der Waals surface area (Å²) in [7, 11) is 0. The molecule has 10 heteroatoms. The summed E-state index contributed by atoms with van der Waals surface area (Å²) in [6.45, 7) is 10.7. The summed E-state index contributed by atoms with van der Waals surface area (Å²) in [5.41, 5.74) is 1.89. The van der Waals surface area contributed by atoms with E-state index in [1.54, 1.807) is 6.07 Å². The van der Waals surface area contributed by atoms with Crippen LogP contribution in [0.3, 0.4) is 0 Å². The van der Waals surface area contributed by atoms with Crippen LogP contribution in [-0.4, -0.2) is 97.9 Å². The van der Waals surface area contributed by atoms with Crippen LogP contribution in [0.1, 0.15) is 32.8 Å². The number of carbonyl (C=O) groups excluding carboxylic acids is 2. The Labute approximate surface area is 200 Å². The van der Waals surface area contributed by atoms with E-state index in [2.05, 4.69) is 34.5 Å². The van der Waals surface area contributed by atoms with Gasteiger partial charge in [0.25, 0.3) is 0 Å². The van der Waals surface area contributed by atoms with Crippen LogP contribution in [0, 0.1) is 5.82 Å². The van der Waals surface area contributed by atoms with E-state index >= 15 is 0 Å². The predicted octanol–water partition coefficient (Wildman–Crippen LogP) is 0.786. The van der Waals surface area contributed by atoms with E-state index in [0.29, 0.717) is 74.7 Å². The van der Waals surface area contributed by atoms with Crippen molar-refractivity contribution >= 4 is 23.2 Å². The highest BCUT2D eigenvalue weighted by Gasteiger charge is 2.28. The van der Waals surface area contributed by atoms with E-state index in [-0.39, 0.29) is 23.7 Å². The summed E-state index contributed by atoms with van der Waals surface area (Å²) in [5.74, 6) is -0.291. The quantitative estimate of drug-likeness (QED) is 0.634. The molecule has 3 aliphatic heterocycles. The third kappa shape index (κ3) is 6.04. The highest BCUT2D eigenvalue weighted by atomic mass is 19.1. The number of hydrogen-bond donors (Lipinski definition) is 2. The number of nitrogens with one attached hydrogen (secondary N) is 2. The molecule has 4 rings (SSSR count). The molecule has 2 saturated heterocycles. The Bertz CT molecular complexity index is 923. The molecule has 9 nitrogen and oxygen atoms in total. The molecular weight excluding hydrogens is 439 g/mol. The van der Waals surface area contributed by atoms with Crippen LogP contribution in [0.2, 0.25) is 0 Å². The Morgan fingerprint density at radius 2 is 1.88 bits per heavy atom. The summed E-state index contributed by atoms with van der Waals surface area (Å²) in [6.07, 6.45) is 0.282. The summed E-state index contributed by atoms with van der Waals surface area (Å²) < 4.78 is 15.0. The van der Waals surface area contributed by atoms with Crippen molar-refractivity contribution in [1.29, 1.82) is 0 Å². The van der Waals surface area contributed by atoms with E-state index < -0.39 is 0 Å². The van der Waals surface area contributed by atoms with Gasteiger partial charge in [-0.3, -0.25) is 14.5 Å². The fourth-order valence-electron chi connectivity index (χ4n) is 4.97. The van der Waals surface area contributed by atoms with Crippen LogP contribution >= 0.6 is 0 Å². The van der Waals surface area contributed by atoms with Gasteiger partial charge in [-0.05, 0) is 26.0 Å². The fraction of sp³-hybridized carbons (Fsp3) is 0.625. The maximum absolute atomic E-state index is 15.0. The molecule has 3 aliphatic rings. The van der Waals surface area contributed by atoms with Gasteiger partial charge in [-0.2, -0.15) is 0 Å². The van der Waals surface area contributed by atoms with Gasteiger partial charge in [-0.15, -0.1) is 0 Å². The van der Waals surface area contributed by atoms with Crippen molar-refractivity contribution in [2.24, 2.45) is 5.16 Å².